The van der Waals surface area contributed by atoms with Gasteiger partial charge in [0.05, 0.1) is 6.10 Å². The first-order valence-electron chi connectivity index (χ1n) is 14.5. The highest BCUT2D eigenvalue weighted by atomic mass is 16.5. The Balaban J connectivity index is 1.29. The predicted molar refractivity (Wildman–Crippen MR) is 159 cm³/mol. The van der Waals surface area contributed by atoms with Crippen molar-refractivity contribution in [3.8, 4) is 0 Å². The number of piperidine rings is 1. The van der Waals surface area contributed by atoms with Crippen LogP contribution in [0.15, 0.2) is 78.9 Å². The van der Waals surface area contributed by atoms with E-state index in [0.717, 1.165) is 50.9 Å². The van der Waals surface area contributed by atoms with E-state index in [9.17, 15) is 4.79 Å². The van der Waals surface area contributed by atoms with E-state index in [1.807, 2.05) is 0 Å². The molecule has 1 aliphatic rings. The summed E-state index contributed by atoms with van der Waals surface area (Å²) in [6.45, 7) is 13.3. The fraction of sp³-hybridized carbons (Fsp3) is 0.457. The van der Waals surface area contributed by atoms with Gasteiger partial charge in [-0.15, -0.1) is 0 Å². The number of hydrogen-bond acceptors (Lipinski definition) is 4. The second-order valence-corrected chi connectivity index (χ2v) is 12.0. The van der Waals surface area contributed by atoms with Gasteiger partial charge >= 0.3 is 5.97 Å². The third-order valence-corrected chi connectivity index (χ3v) is 7.74. The first kappa shape index (κ1) is 29.0. The molecule has 0 unspecified atom stereocenters. The molecule has 0 bridgehead atoms. The van der Waals surface area contributed by atoms with Crippen molar-refractivity contribution in [2.24, 2.45) is 0 Å². The molecule has 3 aromatic rings. The highest BCUT2D eigenvalue weighted by molar-refractivity contribution is 5.66. The first-order chi connectivity index (χ1) is 18.7. The lowest BCUT2D eigenvalue weighted by Gasteiger charge is -2.34. The van der Waals surface area contributed by atoms with Crippen LogP contribution in [0.4, 0.5) is 0 Å². The Morgan fingerprint density at radius 3 is 2.05 bits per heavy atom. The molecule has 0 radical (unpaired) electrons. The molecule has 1 saturated heterocycles. The van der Waals surface area contributed by atoms with Gasteiger partial charge in [-0.25, -0.2) is 0 Å². The maximum Gasteiger partial charge on any atom is 0.303 e. The zero-order valence-corrected chi connectivity index (χ0v) is 24.4. The number of likely N-dealkylation sites (tertiary alicyclic amines) is 1. The predicted octanol–water partition coefficient (Wildman–Crippen LogP) is 7.95. The third kappa shape index (κ3) is 8.52. The summed E-state index contributed by atoms with van der Waals surface area (Å²) in [6.07, 6.45) is 3.86. The van der Waals surface area contributed by atoms with Crippen LogP contribution in [0.2, 0.25) is 0 Å². The second kappa shape index (κ2) is 13.4. The number of nitrogens with zero attached hydrogens (tertiary/aromatic N) is 1. The van der Waals surface area contributed by atoms with Crippen LogP contribution in [0.5, 0.6) is 0 Å². The SMILES string of the molecule is CC(=O)O[C@H](CCCN1CCC(O[C@@H](c2ccccc2)c2ccc(C)cc2)CC1)c1ccc(C(C)(C)C)cc1. The molecule has 1 heterocycles. The Morgan fingerprint density at radius 1 is 0.872 bits per heavy atom. The van der Waals surface area contributed by atoms with Gasteiger partial charge in [0.2, 0.25) is 0 Å². The number of esters is 1. The molecule has 208 valence electrons. The molecule has 4 heteroatoms. The van der Waals surface area contributed by atoms with Crippen LogP contribution in [-0.4, -0.2) is 36.6 Å². The van der Waals surface area contributed by atoms with Crippen molar-refractivity contribution in [2.75, 3.05) is 19.6 Å². The average Bonchev–Trinajstić information content (AvgIpc) is 2.92. The molecule has 3 aromatic carbocycles. The zero-order chi connectivity index (χ0) is 27.8. The monoisotopic (exact) mass is 527 g/mol. The topological polar surface area (TPSA) is 38.8 Å². The van der Waals surface area contributed by atoms with Crippen molar-refractivity contribution in [1.29, 1.82) is 0 Å². The van der Waals surface area contributed by atoms with Crippen molar-refractivity contribution in [1.82, 2.24) is 4.90 Å². The van der Waals surface area contributed by atoms with Crippen LogP contribution in [0, 0.1) is 6.92 Å². The molecule has 0 spiro atoms. The Labute approximate surface area is 235 Å². The van der Waals surface area contributed by atoms with Gasteiger partial charge in [0.15, 0.2) is 0 Å². The Morgan fingerprint density at radius 2 is 1.46 bits per heavy atom. The molecule has 0 aromatic heterocycles. The molecule has 1 fully saturated rings. The summed E-state index contributed by atoms with van der Waals surface area (Å²) in [7, 11) is 0. The van der Waals surface area contributed by atoms with Crippen LogP contribution >= 0.6 is 0 Å². The highest BCUT2D eigenvalue weighted by Gasteiger charge is 2.25. The van der Waals surface area contributed by atoms with Gasteiger partial charge in [-0.3, -0.25) is 4.79 Å². The fourth-order valence-corrected chi connectivity index (χ4v) is 5.37. The van der Waals surface area contributed by atoms with E-state index in [1.54, 1.807) is 0 Å². The van der Waals surface area contributed by atoms with Gasteiger partial charge in [-0.1, -0.05) is 105 Å². The molecule has 4 rings (SSSR count). The smallest absolute Gasteiger partial charge is 0.303 e. The van der Waals surface area contributed by atoms with Crippen LogP contribution in [-0.2, 0) is 19.7 Å². The van der Waals surface area contributed by atoms with Crippen molar-refractivity contribution in [2.45, 2.75) is 84.0 Å². The Hall–Kier alpha value is -2.95. The largest absolute Gasteiger partial charge is 0.458 e. The van der Waals surface area contributed by atoms with E-state index in [1.165, 1.54) is 29.2 Å². The van der Waals surface area contributed by atoms with E-state index in [-0.39, 0.29) is 29.7 Å². The van der Waals surface area contributed by atoms with Gasteiger partial charge in [0.25, 0.3) is 0 Å². The molecule has 2 atom stereocenters. The minimum Gasteiger partial charge on any atom is -0.458 e. The van der Waals surface area contributed by atoms with Crippen LogP contribution in [0.25, 0.3) is 0 Å². The number of hydrogen-bond donors (Lipinski definition) is 0. The first-order valence-corrected chi connectivity index (χ1v) is 14.5. The van der Waals surface area contributed by atoms with Crippen LogP contribution in [0.1, 0.15) is 93.4 Å². The summed E-state index contributed by atoms with van der Waals surface area (Å²) in [4.78, 5) is 14.3. The quantitative estimate of drug-likeness (QED) is 0.251. The second-order valence-electron chi connectivity index (χ2n) is 12.0. The van der Waals surface area contributed by atoms with Crippen LogP contribution < -0.4 is 0 Å². The van der Waals surface area contributed by atoms with Crippen LogP contribution in [0.3, 0.4) is 0 Å². The summed E-state index contributed by atoms with van der Waals surface area (Å²) in [6, 6.07) is 27.8. The van der Waals surface area contributed by atoms with E-state index < -0.39 is 0 Å². The lowest BCUT2D eigenvalue weighted by atomic mass is 9.86. The summed E-state index contributed by atoms with van der Waals surface area (Å²) in [5.41, 5.74) is 6.14. The Bertz CT molecular complexity index is 1160. The molecule has 4 nitrogen and oxygen atoms in total. The summed E-state index contributed by atoms with van der Waals surface area (Å²) < 4.78 is 12.5. The number of carbonyl (C=O) groups is 1. The lowest BCUT2D eigenvalue weighted by molar-refractivity contribution is -0.147. The molecular formula is C35H45NO3. The van der Waals surface area contributed by atoms with Gasteiger partial charge < -0.3 is 14.4 Å². The maximum absolute atomic E-state index is 11.8. The summed E-state index contributed by atoms with van der Waals surface area (Å²) >= 11 is 0. The molecule has 0 amide bonds. The number of ether oxygens (including phenoxy) is 2. The van der Waals surface area contributed by atoms with Gasteiger partial charge in [0, 0.05) is 20.0 Å². The standard InChI is InChI=1S/C35H45NO3/c1-26-13-15-30(16-14-26)34(29-10-7-6-8-11-29)39-32-21-24-36(25-22-32)23-9-12-33(38-27(2)37)28-17-19-31(20-18-28)35(3,4)5/h6-8,10-11,13-20,32-34H,9,12,21-25H2,1-5H3/t33-,34+/m1/s1. The minimum atomic E-state index is -0.223. The van der Waals surface area contributed by atoms with E-state index in [2.05, 4.69) is 111 Å². The molecule has 1 aliphatic heterocycles. The zero-order valence-electron chi connectivity index (χ0n) is 24.4. The molecule has 0 saturated carbocycles. The van der Waals surface area contributed by atoms with E-state index in [0.29, 0.717) is 0 Å². The van der Waals surface area contributed by atoms with Crippen molar-refractivity contribution >= 4 is 5.97 Å². The van der Waals surface area contributed by atoms with E-state index in [4.69, 9.17) is 9.47 Å². The molecule has 0 aliphatic carbocycles. The highest BCUT2D eigenvalue weighted by Crippen LogP contribution is 2.31. The fourth-order valence-electron chi connectivity index (χ4n) is 5.37. The van der Waals surface area contributed by atoms with Gasteiger partial charge in [0.1, 0.15) is 12.2 Å². The molecular weight excluding hydrogens is 482 g/mol. The Kier molecular flexibility index (Phi) is 9.99. The number of benzene rings is 3. The van der Waals surface area contributed by atoms with Crippen molar-refractivity contribution in [3.63, 3.8) is 0 Å². The third-order valence-electron chi connectivity index (χ3n) is 7.74. The lowest BCUT2D eigenvalue weighted by Crippen LogP contribution is -2.38. The van der Waals surface area contributed by atoms with Crippen molar-refractivity contribution < 1.29 is 14.3 Å². The van der Waals surface area contributed by atoms with Gasteiger partial charge in [-0.2, -0.15) is 0 Å². The van der Waals surface area contributed by atoms with Crippen molar-refractivity contribution in [3.05, 3.63) is 107 Å². The normalized spacial score (nSPS) is 16.5. The summed E-state index contributed by atoms with van der Waals surface area (Å²) in [5, 5.41) is 0. The van der Waals surface area contributed by atoms with E-state index >= 15 is 0 Å². The molecule has 39 heavy (non-hydrogen) atoms. The maximum atomic E-state index is 11.8. The number of rotatable bonds is 10. The summed E-state index contributed by atoms with van der Waals surface area (Å²) in [5.74, 6) is -0.223. The number of carbonyl (C=O) groups excluding carboxylic acids is 1. The molecule has 0 N–H and O–H groups in total. The number of aryl methyl sites for hydroxylation is 1. The van der Waals surface area contributed by atoms with Gasteiger partial charge in [-0.05, 0) is 66.8 Å². The minimum absolute atomic E-state index is 0.0440. The average molecular weight is 528 g/mol.